The van der Waals surface area contributed by atoms with Crippen LogP contribution in [0.3, 0.4) is 0 Å². The third-order valence-corrected chi connectivity index (χ3v) is 4.11. The van der Waals surface area contributed by atoms with Crippen molar-refractivity contribution in [3.63, 3.8) is 0 Å². The van der Waals surface area contributed by atoms with Gasteiger partial charge in [-0.2, -0.15) is 0 Å². The van der Waals surface area contributed by atoms with Crippen LogP contribution in [0.15, 0.2) is 47.4 Å². The maximum Gasteiger partial charge on any atom is 0.330 e. The molecule has 108 valence electrons. The molecule has 0 atom stereocenters. The molecule has 0 aliphatic carbocycles. The van der Waals surface area contributed by atoms with E-state index in [-0.39, 0.29) is 12.5 Å². The largest absolute Gasteiger partial charge is 0.423 e. The van der Waals surface area contributed by atoms with Crippen LogP contribution in [0.25, 0.3) is 0 Å². The summed E-state index contributed by atoms with van der Waals surface area (Å²) in [6.07, 6.45) is 0. The fraction of sp³-hybridized carbons (Fsp3) is 0.133. The third-order valence-electron chi connectivity index (χ3n) is 3.04. The van der Waals surface area contributed by atoms with E-state index in [1.54, 1.807) is 0 Å². The van der Waals surface area contributed by atoms with Crippen molar-refractivity contribution in [3.05, 3.63) is 47.5 Å². The first-order valence-corrected chi connectivity index (χ1v) is 7.55. The van der Waals surface area contributed by atoms with Crippen molar-refractivity contribution >= 4 is 40.9 Å². The van der Waals surface area contributed by atoms with Gasteiger partial charge in [0.15, 0.2) is 5.75 Å². The Hall–Kier alpha value is -1.85. The molecule has 1 N–H and O–H groups in total. The van der Waals surface area contributed by atoms with Crippen LogP contribution in [0.2, 0.25) is 5.02 Å². The molecule has 21 heavy (non-hydrogen) atoms. The zero-order chi connectivity index (χ0) is 14.8. The number of likely N-dealkylation sites (N-methyl/N-ethyl adjacent to an activating group) is 1. The Kier molecular flexibility index (Phi) is 3.94. The van der Waals surface area contributed by atoms with Crippen LogP contribution in [0, 0.1) is 0 Å². The summed E-state index contributed by atoms with van der Waals surface area (Å²) in [4.78, 5) is 14.3. The second-order valence-electron chi connectivity index (χ2n) is 4.67. The van der Waals surface area contributed by atoms with Crippen molar-refractivity contribution in [1.29, 1.82) is 0 Å². The lowest BCUT2D eigenvalue weighted by Gasteiger charge is -2.26. The first-order chi connectivity index (χ1) is 10.1. The van der Waals surface area contributed by atoms with Gasteiger partial charge in [-0.3, -0.25) is 0 Å². The molecule has 0 bridgehead atoms. The number of rotatable bonds is 3. The molecule has 6 heteroatoms. The highest BCUT2D eigenvalue weighted by atomic mass is 35.5. The summed E-state index contributed by atoms with van der Waals surface area (Å²) in [6, 6.07) is 13.2. The lowest BCUT2D eigenvalue weighted by atomic mass is 10.2. The maximum absolute atomic E-state index is 11.4. The van der Waals surface area contributed by atoms with Crippen LogP contribution in [-0.2, 0) is 4.79 Å². The van der Waals surface area contributed by atoms with E-state index < -0.39 is 0 Å². The number of ether oxygens (including phenoxy) is 1. The summed E-state index contributed by atoms with van der Waals surface area (Å²) in [5.41, 5.74) is 1.84. The van der Waals surface area contributed by atoms with Gasteiger partial charge in [-0.25, -0.2) is 4.79 Å². The van der Waals surface area contributed by atoms with Crippen molar-refractivity contribution in [2.24, 2.45) is 0 Å². The molecule has 2 aromatic rings. The molecule has 1 heterocycles. The number of fused-ring (bicyclic) bond motifs is 1. The van der Waals surface area contributed by atoms with Gasteiger partial charge < -0.3 is 14.4 Å². The van der Waals surface area contributed by atoms with Crippen LogP contribution in [0.5, 0.6) is 5.75 Å². The quantitative estimate of drug-likeness (QED) is 0.529. The molecule has 0 fully saturated rings. The fourth-order valence-corrected chi connectivity index (χ4v) is 2.91. The molecule has 0 radical (unpaired) electrons. The van der Waals surface area contributed by atoms with Crippen LogP contribution >= 0.6 is 23.5 Å². The number of nitrogens with one attached hydrogen (secondary N) is 1. The van der Waals surface area contributed by atoms with Crippen LogP contribution in [-0.4, -0.2) is 19.6 Å². The van der Waals surface area contributed by atoms with Crippen molar-refractivity contribution in [3.8, 4) is 5.75 Å². The van der Waals surface area contributed by atoms with Crippen molar-refractivity contribution in [2.75, 3.05) is 23.2 Å². The zero-order valence-electron chi connectivity index (χ0n) is 11.3. The van der Waals surface area contributed by atoms with E-state index in [1.807, 2.05) is 54.4 Å². The predicted octanol–water partition coefficient (Wildman–Crippen LogP) is 3.81. The summed E-state index contributed by atoms with van der Waals surface area (Å²) in [5.74, 6) is 0.364. The number of benzene rings is 2. The molecule has 0 saturated heterocycles. The summed E-state index contributed by atoms with van der Waals surface area (Å²) >= 11 is 7.43. The van der Waals surface area contributed by atoms with Gasteiger partial charge in [-0.05, 0) is 48.3 Å². The number of anilines is 2. The zero-order valence-corrected chi connectivity index (χ0v) is 12.9. The minimum atomic E-state index is -0.234. The SMILES string of the molecule is CN1CC(=O)Oc2ccc(SNc3cccc(Cl)c3)cc21. The average molecular weight is 321 g/mol. The molecule has 0 aromatic heterocycles. The van der Waals surface area contributed by atoms with Gasteiger partial charge in [-0.15, -0.1) is 0 Å². The Morgan fingerprint density at radius 2 is 2.14 bits per heavy atom. The van der Waals surface area contributed by atoms with Gasteiger partial charge in [0.05, 0.1) is 5.69 Å². The van der Waals surface area contributed by atoms with E-state index in [4.69, 9.17) is 16.3 Å². The molecule has 4 nitrogen and oxygen atoms in total. The number of nitrogens with zero attached hydrogens (tertiary/aromatic N) is 1. The summed E-state index contributed by atoms with van der Waals surface area (Å²) in [6.45, 7) is 0.267. The molecule has 1 aliphatic heterocycles. The van der Waals surface area contributed by atoms with Gasteiger partial charge in [0, 0.05) is 22.7 Å². The molecule has 0 saturated carbocycles. The van der Waals surface area contributed by atoms with E-state index >= 15 is 0 Å². The second-order valence-corrected chi connectivity index (χ2v) is 5.99. The van der Waals surface area contributed by atoms with Crippen molar-refractivity contribution in [2.45, 2.75) is 4.90 Å². The van der Waals surface area contributed by atoms with Crippen molar-refractivity contribution in [1.82, 2.24) is 0 Å². The Labute approximate surface area is 132 Å². The number of carbonyl (C=O) groups excluding carboxylic acids is 1. The molecule has 0 unspecified atom stereocenters. The first-order valence-electron chi connectivity index (χ1n) is 6.36. The summed E-state index contributed by atoms with van der Waals surface area (Å²) in [5, 5.41) is 0.692. The smallest absolute Gasteiger partial charge is 0.330 e. The lowest BCUT2D eigenvalue weighted by molar-refractivity contribution is -0.133. The molecule has 0 spiro atoms. The van der Waals surface area contributed by atoms with Gasteiger partial charge in [-0.1, -0.05) is 17.7 Å². The fourth-order valence-electron chi connectivity index (χ4n) is 2.05. The number of carbonyl (C=O) groups is 1. The van der Waals surface area contributed by atoms with Crippen LogP contribution in [0.1, 0.15) is 0 Å². The topological polar surface area (TPSA) is 41.6 Å². The standard InChI is InChI=1S/C15H13ClN2O2S/c1-18-9-15(19)20-14-6-5-12(8-13(14)18)21-17-11-4-2-3-10(16)7-11/h2-8,17H,9H2,1H3. The Morgan fingerprint density at radius 1 is 1.29 bits per heavy atom. The van der Waals surface area contributed by atoms with Crippen LogP contribution < -0.4 is 14.4 Å². The number of esters is 1. The number of halogens is 1. The highest BCUT2D eigenvalue weighted by molar-refractivity contribution is 8.00. The van der Waals surface area contributed by atoms with Gasteiger partial charge >= 0.3 is 5.97 Å². The number of hydrogen-bond acceptors (Lipinski definition) is 5. The third kappa shape index (κ3) is 3.25. The van der Waals surface area contributed by atoms with Crippen LogP contribution in [0.4, 0.5) is 11.4 Å². The molecular formula is C15H13ClN2O2S. The molecule has 0 amide bonds. The van der Waals surface area contributed by atoms with Gasteiger partial charge in [0.2, 0.25) is 0 Å². The highest BCUT2D eigenvalue weighted by Gasteiger charge is 2.21. The highest BCUT2D eigenvalue weighted by Crippen LogP contribution is 2.35. The minimum absolute atomic E-state index is 0.234. The molecule has 2 aromatic carbocycles. The van der Waals surface area contributed by atoms with Crippen molar-refractivity contribution < 1.29 is 9.53 Å². The monoisotopic (exact) mass is 320 g/mol. The van der Waals surface area contributed by atoms with E-state index in [0.29, 0.717) is 10.8 Å². The normalized spacial score (nSPS) is 13.6. The molecule has 3 rings (SSSR count). The lowest BCUT2D eigenvalue weighted by Crippen LogP contribution is -2.33. The van der Waals surface area contributed by atoms with E-state index in [0.717, 1.165) is 16.3 Å². The predicted molar refractivity (Wildman–Crippen MR) is 86.3 cm³/mol. The minimum Gasteiger partial charge on any atom is -0.423 e. The molecular weight excluding hydrogens is 308 g/mol. The number of hydrogen-bond donors (Lipinski definition) is 1. The molecule has 1 aliphatic rings. The van der Waals surface area contributed by atoms with Gasteiger partial charge in [0.1, 0.15) is 6.54 Å². The Bertz CT molecular complexity index is 693. The van der Waals surface area contributed by atoms with E-state index in [1.165, 1.54) is 11.9 Å². The van der Waals surface area contributed by atoms with Gasteiger partial charge in [0.25, 0.3) is 0 Å². The first kappa shape index (κ1) is 14.1. The summed E-state index contributed by atoms with van der Waals surface area (Å²) < 4.78 is 8.45. The maximum atomic E-state index is 11.4. The Balaban J connectivity index is 1.75. The Morgan fingerprint density at radius 3 is 2.95 bits per heavy atom. The summed E-state index contributed by atoms with van der Waals surface area (Å²) in [7, 11) is 1.87. The second kappa shape index (κ2) is 5.87. The van der Waals surface area contributed by atoms with E-state index in [9.17, 15) is 4.79 Å². The van der Waals surface area contributed by atoms with E-state index in [2.05, 4.69) is 4.72 Å². The average Bonchev–Trinajstić information content (AvgIpc) is 2.45.